The Kier molecular flexibility index (Phi) is 3.04. The van der Waals surface area contributed by atoms with Gasteiger partial charge in [0, 0.05) is 4.47 Å². The first-order valence-electron chi connectivity index (χ1n) is 3.40. The minimum absolute atomic E-state index is 0.474. The molecule has 0 aliphatic rings. The fraction of sp³-hybridized carbons (Fsp3) is 0.250. The van der Waals surface area contributed by atoms with Gasteiger partial charge in [0.15, 0.2) is 11.1 Å². The number of halogens is 1. The quantitative estimate of drug-likeness (QED) is 0.777. The first kappa shape index (κ1) is 9.89. The predicted octanol–water partition coefficient (Wildman–Crippen LogP) is 2.65. The zero-order valence-electron chi connectivity index (χ0n) is 6.80. The van der Waals surface area contributed by atoms with Crippen LogP contribution in [-0.4, -0.2) is 8.76 Å². The van der Waals surface area contributed by atoms with Gasteiger partial charge in [-0.25, -0.2) is 4.21 Å². The maximum Gasteiger partial charge on any atom is 0.186 e. The number of rotatable bonds is 1. The Hall–Kier alpha value is -0.190. The molecular formula is C8H9BrO2S. The van der Waals surface area contributed by atoms with Crippen molar-refractivity contribution in [3.8, 4) is 0 Å². The lowest BCUT2D eigenvalue weighted by atomic mass is 10.2. The molecule has 0 aliphatic carbocycles. The van der Waals surface area contributed by atoms with Crippen LogP contribution in [0.1, 0.15) is 11.1 Å². The molecule has 12 heavy (non-hydrogen) atoms. The summed E-state index contributed by atoms with van der Waals surface area (Å²) >= 11 is 1.43. The van der Waals surface area contributed by atoms with Gasteiger partial charge in [0.25, 0.3) is 0 Å². The van der Waals surface area contributed by atoms with Gasteiger partial charge in [-0.05, 0) is 37.1 Å². The van der Waals surface area contributed by atoms with Crippen LogP contribution in [0.5, 0.6) is 0 Å². The molecule has 1 aromatic carbocycles. The minimum atomic E-state index is -1.89. The molecule has 0 saturated heterocycles. The lowest BCUT2D eigenvalue weighted by molar-refractivity contribution is 0.563. The van der Waals surface area contributed by atoms with Crippen LogP contribution in [0, 0.1) is 13.8 Å². The van der Waals surface area contributed by atoms with E-state index in [0.29, 0.717) is 4.90 Å². The molecule has 0 aliphatic heterocycles. The fourth-order valence-corrected chi connectivity index (χ4v) is 2.33. The third-order valence-corrected chi connectivity index (χ3v) is 3.25. The van der Waals surface area contributed by atoms with E-state index < -0.39 is 11.1 Å². The molecule has 1 aromatic rings. The van der Waals surface area contributed by atoms with Gasteiger partial charge in [-0.15, -0.1) is 0 Å². The standard InChI is InChI=1S/C8H9BrO2S/c1-5-3-7(9)6(2)8(4-5)12(10)11/h3-4H,1-2H3,(H,10,11). The van der Waals surface area contributed by atoms with Gasteiger partial charge < -0.3 is 4.55 Å². The second-order valence-electron chi connectivity index (χ2n) is 2.62. The van der Waals surface area contributed by atoms with E-state index in [4.69, 9.17) is 4.55 Å². The molecule has 0 radical (unpaired) electrons. The van der Waals surface area contributed by atoms with Crippen molar-refractivity contribution in [1.29, 1.82) is 0 Å². The summed E-state index contributed by atoms with van der Waals surface area (Å²) in [5.41, 5.74) is 1.80. The molecule has 1 atom stereocenters. The highest BCUT2D eigenvalue weighted by molar-refractivity contribution is 9.10. The first-order valence-corrected chi connectivity index (χ1v) is 5.30. The Morgan fingerprint density at radius 3 is 2.50 bits per heavy atom. The molecular weight excluding hydrogens is 240 g/mol. The highest BCUT2D eigenvalue weighted by Gasteiger charge is 2.07. The number of benzene rings is 1. The summed E-state index contributed by atoms with van der Waals surface area (Å²) in [4.78, 5) is 0.474. The van der Waals surface area contributed by atoms with Crippen LogP contribution in [-0.2, 0) is 11.1 Å². The summed E-state index contributed by atoms with van der Waals surface area (Å²) < 4.78 is 20.6. The molecule has 1 N–H and O–H groups in total. The van der Waals surface area contributed by atoms with E-state index in [1.165, 1.54) is 0 Å². The van der Waals surface area contributed by atoms with Gasteiger partial charge in [0.1, 0.15) is 0 Å². The zero-order chi connectivity index (χ0) is 9.30. The smallest absolute Gasteiger partial charge is 0.186 e. The van der Waals surface area contributed by atoms with E-state index in [2.05, 4.69) is 15.9 Å². The summed E-state index contributed by atoms with van der Waals surface area (Å²) in [6.07, 6.45) is 0. The van der Waals surface area contributed by atoms with Gasteiger partial charge in [-0.1, -0.05) is 15.9 Å². The van der Waals surface area contributed by atoms with Crippen LogP contribution < -0.4 is 0 Å². The molecule has 0 bridgehead atoms. The van der Waals surface area contributed by atoms with Crippen molar-refractivity contribution in [2.24, 2.45) is 0 Å². The predicted molar refractivity (Wildman–Crippen MR) is 52.7 cm³/mol. The molecule has 0 fully saturated rings. The largest absolute Gasteiger partial charge is 0.302 e. The van der Waals surface area contributed by atoms with Crippen molar-refractivity contribution in [1.82, 2.24) is 0 Å². The van der Waals surface area contributed by atoms with Crippen LogP contribution >= 0.6 is 15.9 Å². The van der Waals surface area contributed by atoms with E-state index in [9.17, 15) is 4.21 Å². The molecule has 2 nitrogen and oxygen atoms in total. The van der Waals surface area contributed by atoms with E-state index in [-0.39, 0.29) is 0 Å². The van der Waals surface area contributed by atoms with Crippen molar-refractivity contribution in [2.75, 3.05) is 0 Å². The molecule has 4 heteroatoms. The summed E-state index contributed by atoms with van der Waals surface area (Å²) in [5.74, 6) is 0. The second-order valence-corrected chi connectivity index (χ2v) is 4.41. The first-order chi connectivity index (χ1) is 5.52. The molecule has 0 heterocycles. The highest BCUT2D eigenvalue weighted by atomic mass is 79.9. The van der Waals surface area contributed by atoms with Gasteiger partial charge >= 0.3 is 0 Å². The van der Waals surface area contributed by atoms with Crippen LogP contribution in [0.25, 0.3) is 0 Å². The lowest BCUT2D eigenvalue weighted by Gasteiger charge is -2.04. The van der Waals surface area contributed by atoms with Crippen molar-refractivity contribution in [2.45, 2.75) is 18.7 Å². The van der Waals surface area contributed by atoms with Gasteiger partial charge in [-0.2, -0.15) is 0 Å². The van der Waals surface area contributed by atoms with Crippen LogP contribution in [0.2, 0.25) is 0 Å². The lowest BCUT2D eigenvalue weighted by Crippen LogP contribution is -1.94. The average molecular weight is 249 g/mol. The van der Waals surface area contributed by atoms with Gasteiger partial charge in [0.2, 0.25) is 0 Å². The van der Waals surface area contributed by atoms with Crippen LogP contribution in [0.3, 0.4) is 0 Å². The Morgan fingerprint density at radius 2 is 2.00 bits per heavy atom. The SMILES string of the molecule is Cc1cc(Br)c(C)c(S(=O)O)c1. The normalized spacial score (nSPS) is 13.0. The van der Waals surface area contributed by atoms with E-state index in [1.54, 1.807) is 6.07 Å². The summed E-state index contributed by atoms with van der Waals surface area (Å²) in [6.45, 7) is 3.70. The van der Waals surface area contributed by atoms with Gasteiger partial charge in [0.05, 0.1) is 4.90 Å². The van der Waals surface area contributed by atoms with Gasteiger partial charge in [-0.3, -0.25) is 0 Å². The zero-order valence-corrected chi connectivity index (χ0v) is 9.20. The molecule has 66 valence electrons. The Labute approximate surface area is 82.4 Å². The number of hydrogen-bond donors (Lipinski definition) is 1. The maximum atomic E-state index is 10.8. The summed E-state index contributed by atoms with van der Waals surface area (Å²) in [5, 5.41) is 0. The molecule has 1 rings (SSSR count). The number of aryl methyl sites for hydroxylation is 1. The van der Waals surface area contributed by atoms with Crippen LogP contribution in [0.15, 0.2) is 21.5 Å². The van der Waals surface area contributed by atoms with Crippen LogP contribution in [0.4, 0.5) is 0 Å². The average Bonchev–Trinajstić information content (AvgIpc) is 1.96. The molecule has 0 amide bonds. The van der Waals surface area contributed by atoms with E-state index >= 15 is 0 Å². The molecule has 0 spiro atoms. The highest BCUT2D eigenvalue weighted by Crippen LogP contribution is 2.23. The second kappa shape index (κ2) is 3.68. The third kappa shape index (κ3) is 1.94. The van der Waals surface area contributed by atoms with E-state index in [1.807, 2.05) is 19.9 Å². The Morgan fingerprint density at radius 1 is 1.42 bits per heavy atom. The van der Waals surface area contributed by atoms with Crippen molar-refractivity contribution in [3.63, 3.8) is 0 Å². The number of hydrogen-bond acceptors (Lipinski definition) is 1. The monoisotopic (exact) mass is 248 g/mol. The molecule has 1 unspecified atom stereocenters. The minimum Gasteiger partial charge on any atom is -0.302 e. The Balaban J connectivity index is 3.37. The van der Waals surface area contributed by atoms with Crippen molar-refractivity contribution in [3.05, 3.63) is 27.7 Å². The van der Waals surface area contributed by atoms with E-state index in [0.717, 1.165) is 15.6 Å². The Bertz CT molecular complexity index is 336. The maximum absolute atomic E-state index is 10.8. The summed E-state index contributed by atoms with van der Waals surface area (Å²) in [6, 6.07) is 3.64. The summed E-state index contributed by atoms with van der Waals surface area (Å²) in [7, 11) is 0. The fourth-order valence-electron chi connectivity index (χ4n) is 0.964. The van der Waals surface area contributed by atoms with Crippen molar-refractivity contribution < 1.29 is 8.76 Å². The molecule has 0 saturated carbocycles. The topological polar surface area (TPSA) is 37.3 Å². The third-order valence-electron chi connectivity index (χ3n) is 1.63. The van der Waals surface area contributed by atoms with Crippen molar-refractivity contribution >= 4 is 27.0 Å². The molecule has 0 aromatic heterocycles.